The van der Waals surface area contributed by atoms with Gasteiger partial charge in [0.25, 0.3) is 5.91 Å². The largest absolute Gasteiger partial charge is 0.353 e. The predicted molar refractivity (Wildman–Crippen MR) is 126 cm³/mol. The van der Waals surface area contributed by atoms with E-state index >= 15 is 0 Å². The van der Waals surface area contributed by atoms with Crippen molar-refractivity contribution >= 4 is 63.1 Å². The molecule has 1 aliphatic rings. The highest BCUT2D eigenvalue weighted by molar-refractivity contribution is 7.16. The number of urea groups is 1. The third kappa shape index (κ3) is 5.14. The van der Waals surface area contributed by atoms with Crippen molar-refractivity contribution in [1.29, 1.82) is 0 Å². The lowest BCUT2D eigenvalue weighted by atomic mass is 9.94. The summed E-state index contributed by atoms with van der Waals surface area (Å²) in [6.07, 6.45) is 0. The lowest BCUT2D eigenvalue weighted by Crippen LogP contribution is -2.55. The summed E-state index contributed by atoms with van der Waals surface area (Å²) in [6.45, 7) is 8.56. The van der Waals surface area contributed by atoms with Gasteiger partial charge < -0.3 is 15.5 Å². The quantitative estimate of drug-likeness (QED) is 0.577. The molecular weight excluding hydrogens is 459 g/mol. The number of hydrogen-bond donors (Lipinski definition) is 3. The summed E-state index contributed by atoms with van der Waals surface area (Å²) in [5.74, 6) is -0.501. The topological polar surface area (TPSA) is 90.5 Å². The van der Waals surface area contributed by atoms with Crippen molar-refractivity contribution in [2.45, 2.75) is 39.2 Å². The molecule has 10 heteroatoms. The first-order valence-electron chi connectivity index (χ1n) is 9.74. The van der Waals surface area contributed by atoms with Gasteiger partial charge >= 0.3 is 6.03 Å². The van der Waals surface area contributed by atoms with E-state index in [-0.39, 0.29) is 22.3 Å². The van der Waals surface area contributed by atoms with Crippen LogP contribution in [0.15, 0.2) is 24.3 Å². The van der Waals surface area contributed by atoms with E-state index in [0.29, 0.717) is 34.4 Å². The summed E-state index contributed by atoms with van der Waals surface area (Å²) in [5, 5.41) is 9.12. The maximum atomic E-state index is 13.3. The maximum Gasteiger partial charge on any atom is 0.324 e. The molecular formula is C21H24Cl2N4O3S. The van der Waals surface area contributed by atoms with Gasteiger partial charge in [0.05, 0.1) is 21.3 Å². The summed E-state index contributed by atoms with van der Waals surface area (Å²) in [7, 11) is 0. The Morgan fingerprint density at radius 3 is 2.61 bits per heavy atom. The van der Waals surface area contributed by atoms with Gasteiger partial charge in [-0.2, -0.15) is 0 Å². The van der Waals surface area contributed by atoms with Crippen LogP contribution in [0.2, 0.25) is 10.0 Å². The third-order valence-corrected chi connectivity index (χ3v) is 7.18. The van der Waals surface area contributed by atoms with Gasteiger partial charge in [-0.25, -0.2) is 4.79 Å². The summed E-state index contributed by atoms with van der Waals surface area (Å²) < 4.78 is 0. The average molecular weight is 483 g/mol. The Labute approximate surface area is 195 Å². The molecule has 3 rings (SSSR count). The monoisotopic (exact) mass is 482 g/mol. The van der Waals surface area contributed by atoms with E-state index in [2.05, 4.69) is 16.0 Å². The number of piperazine rings is 1. The Morgan fingerprint density at radius 2 is 1.94 bits per heavy atom. The molecule has 2 heterocycles. The number of rotatable bonds is 3. The van der Waals surface area contributed by atoms with Crippen molar-refractivity contribution in [3.8, 4) is 0 Å². The number of amides is 4. The van der Waals surface area contributed by atoms with Crippen LogP contribution in [0.25, 0.3) is 0 Å². The number of benzene rings is 1. The molecule has 1 aliphatic heterocycles. The van der Waals surface area contributed by atoms with Gasteiger partial charge in [0, 0.05) is 18.0 Å². The number of anilines is 2. The van der Waals surface area contributed by atoms with Crippen LogP contribution >= 0.6 is 34.5 Å². The van der Waals surface area contributed by atoms with Gasteiger partial charge in [-0.15, -0.1) is 11.3 Å². The van der Waals surface area contributed by atoms with Crippen molar-refractivity contribution in [1.82, 2.24) is 10.2 Å². The molecule has 0 spiro atoms. The molecule has 4 amide bonds. The second-order valence-corrected chi connectivity index (χ2v) is 10.1. The molecule has 1 fully saturated rings. The molecule has 1 atom stereocenters. The van der Waals surface area contributed by atoms with Crippen LogP contribution in [0.1, 0.15) is 42.9 Å². The molecule has 1 aromatic carbocycles. The van der Waals surface area contributed by atoms with Crippen molar-refractivity contribution in [2.75, 3.05) is 23.7 Å². The Bertz CT molecular complexity index is 1030. The highest BCUT2D eigenvalue weighted by Crippen LogP contribution is 2.37. The molecule has 7 nitrogen and oxygen atoms in total. The predicted octanol–water partition coefficient (Wildman–Crippen LogP) is 4.96. The second kappa shape index (κ2) is 9.06. The molecule has 2 aromatic rings. The van der Waals surface area contributed by atoms with E-state index in [9.17, 15) is 14.4 Å². The number of thiophene rings is 1. The Morgan fingerprint density at radius 1 is 1.23 bits per heavy atom. The van der Waals surface area contributed by atoms with E-state index in [1.54, 1.807) is 31.2 Å². The van der Waals surface area contributed by atoms with E-state index in [4.69, 9.17) is 23.2 Å². The zero-order valence-corrected chi connectivity index (χ0v) is 20.0. The fourth-order valence-electron chi connectivity index (χ4n) is 3.08. The molecule has 166 valence electrons. The summed E-state index contributed by atoms with van der Waals surface area (Å²) in [5.41, 5.74) is 0.481. The first kappa shape index (κ1) is 23.4. The fourth-order valence-corrected chi connectivity index (χ4v) is 4.53. The smallest absolute Gasteiger partial charge is 0.324 e. The van der Waals surface area contributed by atoms with Crippen molar-refractivity contribution < 1.29 is 14.4 Å². The number of carbonyl (C=O) groups is 3. The molecule has 0 unspecified atom stereocenters. The highest BCUT2D eigenvalue weighted by Gasteiger charge is 2.33. The van der Waals surface area contributed by atoms with Crippen LogP contribution in [0.4, 0.5) is 15.5 Å². The minimum absolute atomic E-state index is 0.200. The van der Waals surface area contributed by atoms with Gasteiger partial charge in [-0.05, 0) is 30.5 Å². The van der Waals surface area contributed by atoms with E-state index < -0.39 is 12.1 Å². The Balaban J connectivity index is 1.89. The van der Waals surface area contributed by atoms with Crippen LogP contribution in [-0.2, 0) is 10.2 Å². The molecule has 0 aliphatic carbocycles. The number of hydrogen-bond acceptors (Lipinski definition) is 4. The van der Waals surface area contributed by atoms with Crippen molar-refractivity contribution in [3.63, 3.8) is 0 Å². The third-order valence-electron chi connectivity index (χ3n) is 4.89. The van der Waals surface area contributed by atoms with Crippen LogP contribution in [0.5, 0.6) is 0 Å². The zero-order valence-electron chi connectivity index (χ0n) is 17.6. The molecule has 0 radical (unpaired) electrons. The van der Waals surface area contributed by atoms with Crippen LogP contribution in [-0.4, -0.2) is 41.9 Å². The highest BCUT2D eigenvalue weighted by atomic mass is 35.5. The Hall–Kier alpha value is -2.29. The zero-order chi connectivity index (χ0) is 22.9. The van der Waals surface area contributed by atoms with Gasteiger partial charge in [0.1, 0.15) is 11.0 Å². The summed E-state index contributed by atoms with van der Waals surface area (Å²) >= 11 is 13.5. The summed E-state index contributed by atoms with van der Waals surface area (Å²) in [6, 6.07) is 5.56. The standard InChI is InChI=1S/C21H24Cl2N4O3S/c1-11-17(28)24-8-9-27(11)19(29)12-10-15(21(2,3)4)31-18(12)26-20(30)25-14-7-5-6-13(22)16(14)23/h5-7,10-11H,8-9H2,1-4H3,(H,24,28)(H2,25,26,30)/t11-/m1/s1. The van der Waals surface area contributed by atoms with Crippen molar-refractivity contribution in [2.24, 2.45) is 0 Å². The van der Waals surface area contributed by atoms with E-state index in [1.165, 1.54) is 16.2 Å². The van der Waals surface area contributed by atoms with Gasteiger partial charge in [-0.3, -0.25) is 14.9 Å². The molecule has 1 aromatic heterocycles. The lowest BCUT2D eigenvalue weighted by molar-refractivity contribution is -0.127. The number of carbonyl (C=O) groups excluding carboxylic acids is 3. The maximum absolute atomic E-state index is 13.3. The molecule has 3 N–H and O–H groups in total. The van der Waals surface area contributed by atoms with Crippen LogP contribution in [0.3, 0.4) is 0 Å². The number of halogens is 2. The molecule has 0 saturated carbocycles. The minimum Gasteiger partial charge on any atom is -0.353 e. The fraction of sp³-hybridized carbons (Fsp3) is 0.381. The lowest BCUT2D eigenvalue weighted by Gasteiger charge is -2.32. The van der Waals surface area contributed by atoms with E-state index in [1.807, 2.05) is 20.8 Å². The first-order chi connectivity index (χ1) is 14.5. The normalized spacial score (nSPS) is 16.6. The average Bonchev–Trinajstić information content (AvgIpc) is 3.11. The van der Waals surface area contributed by atoms with Gasteiger partial charge in [0.15, 0.2) is 0 Å². The van der Waals surface area contributed by atoms with Gasteiger partial charge in [-0.1, -0.05) is 50.0 Å². The first-order valence-corrected chi connectivity index (χ1v) is 11.3. The van der Waals surface area contributed by atoms with E-state index in [0.717, 1.165) is 4.88 Å². The minimum atomic E-state index is -0.591. The number of nitrogens with one attached hydrogen (secondary N) is 3. The molecule has 31 heavy (non-hydrogen) atoms. The van der Waals surface area contributed by atoms with Crippen molar-refractivity contribution in [3.05, 3.63) is 44.8 Å². The molecule has 0 bridgehead atoms. The van der Waals surface area contributed by atoms with Crippen LogP contribution in [0, 0.1) is 0 Å². The van der Waals surface area contributed by atoms with Crippen LogP contribution < -0.4 is 16.0 Å². The summed E-state index contributed by atoms with van der Waals surface area (Å²) in [4.78, 5) is 40.4. The second-order valence-electron chi connectivity index (χ2n) is 8.25. The van der Waals surface area contributed by atoms with Gasteiger partial charge in [0.2, 0.25) is 5.91 Å². The number of nitrogens with zero attached hydrogens (tertiary/aromatic N) is 1. The molecule has 1 saturated heterocycles. The SMILES string of the molecule is C[C@@H]1C(=O)NCCN1C(=O)c1cc(C(C)(C)C)sc1NC(=O)Nc1cccc(Cl)c1Cl. The Kier molecular flexibility index (Phi) is 6.83.